The highest BCUT2D eigenvalue weighted by Gasteiger charge is 2.11. The SMILES string of the molecule is C=C=C=C=CC(CCCCC)CCOC(=O)CCCCCCCCCC(CCCCCCCCCC(=O)OCCC(C)CCCCC)OCCCCN(C)C. The standard InChI is InChI=1S/C49H89NO5/c1-7-10-23-32-45(4)39-43-54-48(51)37-28-21-17-13-15-19-26-35-47(53-42-31-30-41-50(5)6)36-27-20-16-14-18-22-29-38-49(52)55-44-40-46(33-24-11-8-2)34-25-12-9-3/h33,45-47H,2,7,9-10,12-23,25-32,34-44H2,1,3-6H3. The van der Waals surface area contributed by atoms with Crippen molar-refractivity contribution in [1.82, 2.24) is 4.90 Å². The van der Waals surface area contributed by atoms with E-state index in [0.29, 0.717) is 44.0 Å². The summed E-state index contributed by atoms with van der Waals surface area (Å²) in [6.45, 7) is 13.3. The van der Waals surface area contributed by atoms with Crippen LogP contribution in [0.25, 0.3) is 0 Å². The van der Waals surface area contributed by atoms with Crippen molar-refractivity contribution < 1.29 is 23.8 Å². The van der Waals surface area contributed by atoms with Gasteiger partial charge in [0.25, 0.3) is 0 Å². The van der Waals surface area contributed by atoms with E-state index in [0.717, 1.165) is 64.5 Å². The van der Waals surface area contributed by atoms with Gasteiger partial charge in [0.1, 0.15) is 0 Å². The lowest BCUT2D eigenvalue weighted by Gasteiger charge is -2.18. The van der Waals surface area contributed by atoms with Gasteiger partial charge in [0, 0.05) is 19.4 Å². The zero-order valence-corrected chi connectivity index (χ0v) is 37.0. The topological polar surface area (TPSA) is 65.1 Å². The van der Waals surface area contributed by atoms with Gasteiger partial charge in [-0.1, -0.05) is 154 Å². The summed E-state index contributed by atoms with van der Waals surface area (Å²) in [6, 6.07) is 0. The highest BCUT2D eigenvalue weighted by atomic mass is 16.5. The Morgan fingerprint density at radius 1 is 0.582 bits per heavy atom. The Morgan fingerprint density at radius 2 is 1.07 bits per heavy atom. The highest BCUT2D eigenvalue weighted by Crippen LogP contribution is 2.19. The summed E-state index contributed by atoms with van der Waals surface area (Å²) in [5.74, 6) is 0.930. The average Bonchev–Trinajstić information content (AvgIpc) is 3.16. The fourth-order valence-corrected chi connectivity index (χ4v) is 7.05. The number of carbonyl (C=O) groups is 2. The maximum atomic E-state index is 12.3. The van der Waals surface area contributed by atoms with Crippen molar-refractivity contribution in [3.05, 3.63) is 29.8 Å². The third-order valence-corrected chi connectivity index (χ3v) is 10.8. The minimum atomic E-state index is -0.0619. The second-order valence-electron chi connectivity index (χ2n) is 16.5. The van der Waals surface area contributed by atoms with Gasteiger partial charge in [0.15, 0.2) is 0 Å². The van der Waals surface area contributed by atoms with Crippen molar-refractivity contribution in [3.8, 4) is 0 Å². The van der Waals surface area contributed by atoms with Crippen LogP contribution in [-0.2, 0) is 23.8 Å². The Kier molecular flexibility index (Phi) is 40.0. The first kappa shape index (κ1) is 52.9. The number of nitrogens with zero attached hydrogens (tertiary/aromatic N) is 1. The molecule has 55 heavy (non-hydrogen) atoms. The van der Waals surface area contributed by atoms with Crippen LogP contribution in [0, 0.1) is 11.8 Å². The Morgan fingerprint density at radius 3 is 1.60 bits per heavy atom. The number of ether oxygens (including phenoxy) is 3. The minimum Gasteiger partial charge on any atom is -0.466 e. The maximum absolute atomic E-state index is 12.3. The molecule has 0 aliphatic heterocycles. The number of allylic oxidation sites excluding steroid dienone is 1. The second-order valence-corrected chi connectivity index (χ2v) is 16.5. The largest absolute Gasteiger partial charge is 0.466 e. The van der Waals surface area contributed by atoms with Gasteiger partial charge in [0.2, 0.25) is 0 Å². The molecule has 6 nitrogen and oxygen atoms in total. The van der Waals surface area contributed by atoms with Crippen molar-refractivity contribution in [2.75, 3.05) is 40.5 Å². The molecule has 0 aromatic rings. The van der Waals surface area contributed by atoms with Crippen LogP contribution in [0.15, 0.2) is 29.8 Å². The summed E-state index contributed by atoms with van der Waals surface area (Å²) in [7, 11) is 4.27. The third kappa shape index (κ3) is 40.0. The number of rotatable bonds is 41. The van der Waals surface area contributed by atoms with E-state index < -0.39 is 0 Å². The normalized spacial score (nSPS) is 12.8. The molecule has 0 radical (unpaired) electrons. The predicted molar refractivity (Wildman–Crippen MR) is 233 cm³/mol. The van der Waals surface area contributed by atoms with Gasteiger partial charge in [-0.15, -0.1) is 0 Å². The summed E-state index contributed by atoms with van der Waals surface area (Å²) in [6.07, 6.45) is 36.3. The van der Waals surface area contributed by atoms with Gasteiger partial charge >= 0.3 is 11.9 Å². The lowest BCUT2D eigenvalue weighted by atomic mass is 9.98. The number of hydrogen-bond acceptors (Lipinski definition) is 6. The summed E-state index contributed by atoms with van der Waals surface area (Å²) in [5, 5.41) is 0. The molecule has 0 bridgehead atoms. The minimum absolute atomic E-state index is 0.0129. The number of unbranched alkanes of at least 4 members (excludes halogenated alkanes) is 17. The van der Waals surface area contributed by atoms with Crippen LogP contribution in [0.1, 0.15) is 213 Å². The van der Waals surface area contributed by atoms with E-state index in [2.05, 4.69) is 63.5 Å². The molecule has 3 unspecified atom stereocenters. The van der Waals surface area contributed by atoms with Crippen molar-refractivity contribution >= 4 is 11.9 Å². The molecule has 0 amide bonds. The zero-order chi connectivity index (χ0) is 40.5. The molecular formula is C49H89NO5. The van der Waals surface area contributed by atoms with E-state index in [1.54, 1.807) is 0 Å². The monoisotopic (exact) mass is 772 g/mol. The summed E-state index contributed by atoms with van der Waals surface area (Å²) < 4.78 is 17.4. The predicted octanol–water partition coefficient (Wildman–Crippen LogP) is 13.7. The molecule has 0 fully saturated rings. The lowest BCUT2D eigenvalue weighted by Crippen LogP contribution is -2.16. The number of esters is 2. The average molecular weight is 772 g/mol. The van der Waals surface area contributed by atoms with Gasteiger partial charge in [-0.05, 0) is 109 Å². The molecule has 6 heteroatoms. The molecule has 0 saturated carbocycles. The summed E-state index contributed by atoms with van der Waals surface area (Å²) in [5.41, 5.74) is 8.40. The van der Waals surface area contributed by atoms with Crippen LogP contribution >= 0.6 is 0 Å². The summed E-state index contributed by atoms with van der Waals surface area (Å²) >= 11 is 0. The Labute approximate surface area is 341 Å². The van der Waals surface area contributed by atoms with Gasteiger partial charge < -0.3 is 19.1 Å². The van der Waals surface area contributed by atoms with Crippen LogP contribution in [0.5, 0.6) is 0 Å². The van der Waals surface area contributed by atoms with Gasteiger partial charge in [-0.2, -0.15) is 0 Å². The molecule has 0 spiro atoms. The van der Waals surface area contributed by atoms with Crippen molar-refractivity contribution in [2.45, 2.75) is 219 Å². The van der Waals surface area contributed by atoms with Gasteiger partial charge in [-0.3, -0.25) is 9.59 Å². The van der Waals surface area contributed by atoms with Crippen LogP contribution in [0.4, 0.5) is 0 Å². The molecule has 320 valence electrons. The Balaban J connectivity index is 4.08. The molecule has 0 saturated heterocycles. The fraction of sp³-hybridized carbons (Fsp3) is 0.857. The molecular weight excluding hydrogens is 683 g/mol. The Bertz CT molecular complexity index is 991. The number of hydrogen-bond donors (Lipinski definition) is 0. The maximum Gasteiger partial charge on any atom is 0.305 e. The van der Waals surface area contributed by atoms with Crippen molar-refractivity contribution in [2.24, 2.45) is 11.8 Å². The molecule has 0 heterocycles. The highest BCUT2D eigenvalue weighted by molar-refractivity contribution is 5.69. The first-order valence-corrected chi connectivity index (χ1v) is 23.3. The molecule has 0 aromatic carbocycles. The first-order valence-electron chi connectivity index (χ1n) is 23.3. The lowest BCUT2D eigenvalue weighted by molar-refractivity contribution is -0.145. The molecule has 0 rings (SSSR count). The first-order chi connectivity index (χ1) is 26.8. The smallest absolute Gasteiger partial charge is 0.305 e. The van der Waals surface area contributed by atoms with Gasteiger partial charge in [-0.25, -0.2) is 0 Å². The second kappa shape index (κ2) is 41.6. The third-order valence-electron chi connectivity index (χ3n) is 10.8. The molecule has 0 aromatic heterocycles. The van der Waals surface area contributed by atoms with Crippen LogP contribution in [-0.4, -0.2) is 63.4 Å². The van der Waals surface area contributed by atoms with Crippen molar-refractivity contribution in [1.29, 1.82) is 0 Å². The quantitative estimate of drug-likeness (QED) is 0.0350. The van der Waals surface area contributed by atoms with E-state index in [-0.39, 0.29) is 11.9 Å². The van der Waals surface area contributed by atoms with Gasteiger partial charge in [0.05, 0.1) is 19.3 Å². The van der Waals surface area contributed by atoms with E-state index >= 15 is 0 Å². The molecule has 0 aliphatic carbocycles. The number of carbonyl (C=O) groups excluding carboxylic acids is 2. The van der Waals surface area contributed by atoms with Crippen LogP contribution in [0.3, 0.4) is 0 Å². The van der Waals surface area contributed by atoms with E-state index in [4.69, 9.17) is 14.2 Å². The molecule has 0 N–H and O–H groups in total. The van der Waals surface area contributed by atoms with Crippen molar-refractivity contribution in [3.63, 3.8) is 0 Å². The summed E-state index contributed by atoms with van der Waals surface area (Å²) in [4.78, 5) is 26.6. The van der Waals surface area contributed by atoms with E-state index in [1.807, 2.05) is 6.08 Å². The van der Waals surface area contributed by atoms with Crippen LogP contribution in [0.2, 0.25) is 0 Å². The fourth-order valence-electron chi connectivity index (χ4n) is 7.05. The zero-order valence-electron chi connectivity index (χ0n) is 37.0. The molecule has 3 atom stereocenters. The Hall–Kier alpha value is -2.06. The van der Waals surface area contributed by atoms with E-state index in [1.165, 1.54) is 128 Å². The van der Waals surface area contributed by atoms with E-state index in [9.17, 15) is 9.59 Å². The van der Waals surface area contributed by atoms with Crippen LogP contribution < -0.4 is 0 Å². The molecule has 0 aliphatic rings.